The Labute approximate surface area is 170 Å². The standard InChI is InChI=1S/C24H25NO4/c1-27-19-9-5-6-16(10-19)11-22-21-13-23(28-2)24(29-18-7-3-4-8-18)12-20(21)17(15-26)14-25-22/h5-6,9-10,12-15,18H,3-4,7-8,11H2,1-2H3. The average Bonchev–Trinajstić information content (AvgIpc) is 3.27. The van der Waals surface area contributed by atoms with Crippen molar-refractivity contribution in [2.24, 2.45) is 0 Å². The Morgan fingerprint density at radius 1 is 1.03 bits per heavy atom. The predicted octanol–water partition coefficient (Wildman–Crippen LogP) is 4.98. The Balaban J connectivity index is 1.78. The Hall–Kier alpha value is -3.08. The van der Waals surface area contributed by atoms with Crippen LogP contribution in [0, 0.1) is 0 Å². The van der Waals surface area contributed by atoms with Crippen molar-refractivity contribution in [3.8, 4) is 17.2 Å². The van der Waals surface area contributed by atoms with Gasteiger partial charge in [-0.15, -0.1) is 0 Å². The van der Waals surface area contributed by atoms with Gasteiger partial charge in [-0.05, 0) is 60.9 Å². The molecule has 150 valence electrons. The number of aromatic nitrogens is 1. The summed E-state index contributed by atoms with van der Waals surface area (Å²) in [6.07, 6.45) is 7.80. The quantitative estimate of drug-likeness (QED) is 0.532. The minimum atomic E-state index is 0.208. The second kappa shape index (κ2) is 8.52. The molecule has 1 aromatic heterocycles. The van der Waals surface area contributed by atoms with E-state index in [0.717, 1.165) is 46.9 Å². The number of benzene rings is 2. The van der Waals surface area contributed by atoms with Crippen molar-refractivity contribution in [3.05, 3.63) is 59.4 Å². The summed E-state index contributed by atoms with van der Waals surface area (Å²) in [7, 11) is 3.30. The van der Waals surface area contributed by atoms with Crippen LogP contribution in [0.4, 0.5) is 0 Å². The van der Waals surface area contributed by atoms with Crippen LogP contribution in [0.1, 0.15) is 47.3 Å². The molecule has 1 fully saturated rings. The molecule has 4 rings (SSSR count). The molecule has 1 aliphatic carbocycles. The minimum Gasteiger partial charge on any atom is -0.497 e. The first-order valence-electron chi connectivity index (χ1n) is 9.96. The lowest BCUT2D eigenvalue weighted by atomic mass is 10.00. The molecule has 0 N–H and O–H groups in total. The Kier molecular flexibility index (Phi) is 5.65. The fraction of sp³-hybridized carbons (Fsp3) is 0.333. The molecule has 3 aromatic rings. The van der Waals surface area contributed by atoms with Crippen LogP contribution >= 0.6 is 0 Å². The normalized spacial score (nSPS) is 14.1. The number of hydrogen-bond acceptors (Lipinski definition) is 5. The molecule has 29 heavy (non-hydrogen) atoms. The van der Waals surface area contributed by atoms with E-state index >= 15 is 0 Å². The van der Waals surface area contributed by atoms with Crippen molar-refractivity contribution in [1.82, 2.24) is 4.98 Å². The highest BCUT2D eigenvalue weighted by molar-refractivity contribution is 6.00. The second-order valence-corrected chi connectivity index (χ2v) is 7.38. The van der Waals surface area contributed by atoms with Gasteiger partial charge in [0.2, 0.25) is 0 Å². The van der Waals surface area contributed by atoms with Crippen LogP contribution in [0.3, 0.4) is 0 Å². The van der Waals surface area contributed by atoms with Gasteiger partial charge in [-0.3, -0.25) is 9.78 Å². The number of ether oxygens (including phenoxy) is 3. The maximum Gasteiger partial charge on any atom is 0.162 e. The number of nitrogens with zero attached hydrogens (tertiary/aromatic N) is 1. The highest BCUT2D eigenvalue weighted by atomic mass is 16.5. The molecule has 1 saturated carbocycles. The fourth-order valence-corrected chi connectivity index (χ4v) is 3.97. The van der Waals surface area contributed by atoms with E-state index in [-0.39, 0.29) is 6.10 Å². The minimum absolute atomic E-state index is 0.208. The molecule has 0 bridgehead atoms. The summed E-state index contributed by atoms with van der Waals surface area (Å²) in [5, 5.41) is 1.73. The van der Waals surface area contributed by atoms with Crippen molar-refractivity contribution in [2.45, 2.75) is 38.2 Å². The number of carbonyl (C=O) groups excluding carboxylic acids is 1. The van der Waals surface area contributed by atoms with Gasteiger partial charge in [0.25, 0.3) is 0 Å². The van der Waals surface area contributed by atoms with Gasteiger partial charge in [-0.25, -0.2) is 0 Å². The van der Waals surface area contributed by atoms with Crippen LogP contribution in [0.25, 0.3) is 10.8 Å². The number of hydrogen-bond donors (Lipinski definition) is 0. The van der Waals surface area contributed by atoms with Crippen molar-refractivity contribution in [2.75, 3.05) is 14.2 Å². The highest BCUT2D eigenvalue weighted by Crippen LogP contribution is 2.37. The smallest absolute Gasteiger partial charge is 0.162 e. The number of pyridine rings is 1. The predicted molar refractivity (Wildman–Crippen MR) is 112 cm³/mol. The second-order valence-electron chi connectivity index (χ2n) is 7.38. The Morgan fingerprint density at radius 2 is 1.83 bits per heavy atom. The lowest BCUT2D eigenvalue weighted by Gasteiger charge is -2.18. The van der Waals surface area contributed by atoms with Crippen molar-refractivity contribution in [1.29, 1.82) is 0 Å². The van der Waals surface area contributed by atoms with Crippen LogP contribution in [0.2, 0.25) is 0 Å². The van der Waals surface area contributed by atoms with Crippen molar-refractivity contribution in [3.63, 3.8) is 0 Å². The third kappa shape index (κ3) is 4.04. The molecule has 0 spiro atoms. The van der Waals surface area contributed by atoms with Gasteiger partial charge in [0.15, 0.2) is 17.8 Å². The van der Waals surface area contributed by atoms with Gasteiger partial charge >= 0.3 is 0 Å². The Morgan fingerprint density at radius 3 is 2.55 bits per heavy atom. The molecule has 0 amide bonds. The maximum atomic E-state index is 11.7. The van der Waals surface area contributed by atoms with E-state index in [1.54, 1.807) is 20.4 Å². The van der Waals surface area contributed by atoms with Gasteiger partial charge < -0.3 is 14.2 Å². The van der Waals surface area contributed by atoms with Gasteiger partial charge in [-0.1, -0.05) is 12.1 Å². The summed E-state index contributed by atoms with van der Waals surface area (Å²) >= 11 is 0. The van der Waals surface area contributed by atoms with Crippen LogP contribution in [-0.4, -0.2) is 31.6 Å². The zero-order valence-corrected chi connectivity index (χ0v) is 16.8. The molecule has 5 heteroatoms. The van der Waals surface area contributed by atoms with Crippen LogP contribution in [-0.2, 0) is 6.42 Å². The molecule has 0 unspecified atom stereocenters. The number of fused-ring (bicyclic) bond motifs is 1. The van der Waals surface area contributed by atoms with E-state index in [1.807, 2.05) is 36.4 Å². The van der Waals surface area contributed by atoms with E-state index in [4.69, 9.17) is 14.2 Å². The number of carbonyl (C=O) groups is 1. The Bertz CT molecular complexity index is 1020. The molecule has 0 saturated heterocycles. The molecular formula is C24H25NO4. The van der Waals surface area contributed by atoms with E-state index < -0.39 is 0 Å². The summed E-state index contributed by atoms with van der Waals surface area (Å²) in [6, 6.07) is 11.8. The van der Waals surface area contributed by atoms with Crippen LogP contribution in [0.5, 0.6) is 17.2 Å². The van der Waals surface area contributed by atoms with Gasteiger partial charge in [0.05, 0.1) is 26.0 Å². The average molecular weight is 391 g/mol. The molecule has 1 aliphatic rings. The van der Waals surface area contributed by atoms with E-state index in [1.165, 1.54) is 12.8 Å². The summed E-state index contributed by atoms with van der Waals surface area (Å²) in [5.41, 5.74) is 2.51. The maximum absolute atomic E-state index is 11.7. The first-order chi connectivity index (χ1) is 14.2. The molecule has 0 atom stereocenters. The highest BCUT2D eigenvalue weighted by Gasteiger charge is 2.20. The topological polar surface area (TPSA) is 57.7 Å². The third-order valence-corrected chi connectivity index (χ3v) is 5.51. The lowest BCUT2D eigenvalue weighted by molar-refractivity contribution is 0.112. The summed E-state index contributed by atoms with van der Waals surface area (Å²) in [4.78, 5) is 16.2. The monoisotopic (exact) mass is 391 g/mol. The molecular weight excluding hydrogens is 366 g/mol. The van der Waals surface area contributed by atoms with E-state index in [0.29, 0.717) is 23.5 Å². The zero-order valence-electron chi connectivity index (χ0n) is 16.8. The first-order valence-corrected chi connectivity index (χ1v) is 9.96. The number of methoxy groups -OCH3 is 2. The number of aldehydes is 1. The fourth-order valence-electron chi connectivity index (χ4n) is 3.97. The van der Waals surface area contributed by atoms with Crippen molar-refractivity contribution >= 4 is 17.1 Å². The zero-order chi connectivity index (χ0) is 20.2. The molecule has 1 heterocycles. The summed E-state index contributed by atoms with van der Waals surface area (Å²) in [5.74, 6) is 2.16. The van der Waals surface area contributed by atoms with Crippen LogP contribution in [0.15, 0.2) is 42.6 Å². The largest absolute Gasteiger partial charge is 0.497 e. The molecule has 5 nitrogen and oxygen atoms in total. The molecule has 2 aromatic carbocycles. The SMILES string of the molecule is COc1cccc(Cc2ncc(C=O)c3cc(OC4CCCC4)c(OC)cc23)c1. The van der Waals surface area contributed by atoms with Crippen LogP contribution < -0.4 is 14.2 Å². The van der Waals surface area contributed by atoms with Gasteiger partial charge in [-0.2, -0.15) is 0 Å². The van der Waals surface area contributed by atoms with Crippen molar-refractivity contribution < 1.29 is 19.0 Å². The van der Waals surface area contributed by atoms with E-state index in [2.05, 4.69) is 4.98 Å². The third-order valence-electron chi connectivity index (χ3n) is 5.51. The van der Waals surface area contributed by atoms with Gasteiger partial charge in [0, 0.05) is 23.6 Å². The summed E-state index contributed by atoms with van der Waals surface area (Å²) < 4.78 is 17.2. The lowest BCUT2D eigenvalue weighted by Crippen LogP contribution is -2.11. The van der Waals surface area contributed by atoms with Gasteiger partial charge in [0.1, 0.15) is 5.75 Å². The molecule has 0 radical (unpaired) electrons. The van der Waals surface area contributed by atoms with E-state index in [9.17, 15) is 4.79 Å². The first kappa shape index (κ1) is 19.2. The molecule has 0 aliphatic heterocycles. The summed E-state index contributed by atoms with van der Waals surface area (Å²) in [6.45, 7) is 0. The number of rotatable bonds is 7.